The number of hydrogen-bond acceptors (Lipinski definition) is 4. The zero-order valence-electron chi connectivity index (χ0n) is 17.3. The van der Waals surface area contributed by atoms with Gasteiger partial charge in [0.2, 0.25) is 0 Å². The number of rotatable bonds is 2. The van der Waals surface area contributed by atoms with Crippen molar-refractivity contribution in [2.24, 2.45) is 34.5 Å². The Hall–Kier alpha value is -0.710. The van der Waals surface area contributed by atoms with Crippen molar-refractivity contribution >= 4 is 5.78 Å². The fraction of sp³-hybridized carbons (Fsp3) is 0.870. The van der Waals surface area contributed by atoms with E-state index in [0.29, 0.717) is 36.5 Å². The van der Waals surface area contributed by atoms with E-state index in [1.165, 1.54) is 5.57 Å². The Labute approximate surface area is 163 Å². The predicted molar refractivity (Wildman–Crippen MR) is 104 cm³/mol. The molecule has 6 unspecified atom stereocenters. The molecule has 0 spiro atoms. The van der Waals surface area contributed by atoms with Crippen molar-refractivity contribution in [1.29, 1.82) is 0 Å². The second-order valence-electron chi connectivity index (χ2n) is 10.8. The van der Waals surface area contributed by atoms with E-state index in [2.05, 4.69) is 20.8 Å². The van der Waals surface area contributed by atoms with E-state index in [1.54, 1.807) is 6.92 Å². The average molecular weight is 377 g/mol. The smallest absolute Gasteiger partial charge is 0.155 e. The van der Waals surface area contributed by atoms with Gasteiger partial charge < -0.3 is 15.3 Å². The lowest BCUT2D eigenvalue weighted by atomic mass is 9.43. The molecule has 3 N–H and O–H groups in total. The molecule has 8 atom stereocenters. The van der Waals surface area contributed by atoms with Crippen LogP contribution >= 0.6 is 0 Å². The fourth-order valence-corrected chi connectivity index (χ4v) is 8.28. The Kier molecular flexibility index (Phi) is 4.28. The zero-order valence-corrected chi connectivity index (χ0v) is 17.3. The van der Waals surface area contributed by atoms with Gasteiger partial charge in [0.25, 0.3) is 0 Å². The van der Waals surface area contributed by atoms with E-state index in [-0.39, 0.29) is 16.6 Å². The molecule has 4 heteroatoms. The highest BCUT2D eigenvalue weighted by molar-refractivity contribution is 5.91. The second-order valence-corrected chi connectivity index (χ2v) is 10.8. The summed E-state index contributed by atoms with van der Waals surface area (Å²) in [6.07, 6.45) is 7.91. The number of fused-ring (bicyclic) bond motifs is 5. The first kappa shape index (κ1) is 19.6. The Balaban J connectivity index is 1.74. The third kappa shape index (κ3) is 2.36. The quantitative estimate of drug-likeness (QED) is 0.691. The van der Waals surface area contributed by atoms with Crippen LogP contribution in [0.4, 0.5) is 0 Å². The van der Waals surface area contributed by atoms with Gasteiger partial charge in [0, 0.05) is 11.8 Å². The molecule has 0 aromatic heterocycles. The molecule has 3 saturated carbocycles. The zero-order chi connectivity index (χ0) is 19.8. The first-order chi connectivity index (χ1) is 12.5. The minimum atomic E-state index is -1.48. The van der Waals surface area contributed by atoms with E-state index < -0.39 is 17.8 Å². The maximum absolute atomic E-state index is 12.0. The topological polar surface area (TPSA) is 77.8 Å². The average Bonchev–Trinajstić information content (AvgIpc) is 2.87. The molecule has 0 radical (unpaired) electrons. The summed E-state index contributed by atoms with van der Waals surface area (Å²) in [5.74, 6) is 2.10. The van der Waals surface area contributed by atoms with E-state index in [1.807, 2.05) is 6.08 Å². The number of carbonyl (C=O) groups is 1. The van der Waals surface area contributed by atoms with Gasteiger partial charge in [-0.3, -0.25) is 4.79 Å². The highest BCUT2D eigenvalue weighted by Gasteiger charge is 2.69. The summed E-state index contributed by atoms with van der Waals surface area (Å²) in [6.45, 7) is 8.00. The summed E-state index contributed by atoms with van der Waals surface area (Å²) in [5, 5.41) is 32.3. The van der Waals surface area contributed by atoms with Gasteiger partial charge in [0.05, 0.1) is 6.61 Å². The highest BCUT2D eigenvalue weighted by Crippen LogP contribution is 2.70. The molecule has 0 amide bonds. The van der Waals surface area contributed by atoms with Gasteiger partial charge in [0.15, 0.2) is 5.78 Å². The van der Waals surface area contributed by atoms with Crippen molar-refractivity contribution in [3.8, 4) is 0 Å². The van der Waals surface area contributed by atoms with Crippen molar-refractivity contribution in [2.75, 3.05) is 6.61 Å². The molecule has 4 rings (SSSR count). The summed E-state index contributed by atoms with van der Waals surface area (Å²) in [4.78, 5) is 12.0. The molecule has 0 aromatic rings. The van der Waals surface area contributed by atoms with E-state index in [4.69, 9.17) is 0 Å². The lowest BCUT2D eigenvalue weighted by Gasteiger charge is -2.62. The van der Waals surface area contributed by atoms with Gasteiger partial charge in [0.1, 0.15) is 11.2 Å². The van der Waals surface area contributed by atoms with E-state index >= 15 is 0 Å². The van der Waals surface area contributed by atoms with Gasteiger partial charge in [-0.05, 0) is 80.6 Å². The van der Waals surface area contributed by atoms with Crippen LogP contribution in [0.3, 0.4) is 0 Å². The number of allylic oxidation sites excluding steroid dienone is 1. The number of hydrogen-bond donors (Lipinski definition) is 3. The van der Waals surface area contributed by atoms with Gasteiger partial charge >= 0.3 is 0 Å². The molecule has 0 aromatic carbocycles. The Morgan fingerprint density at radius 3 is 2.59 bits per heavy atom. The number of carbonyl (C=O) groups excluding carboxylic acids is 1. The Bertz CT molecular complexity index is 682. The Morgan fingerprint density at radius 2 is 1.93 bits per heavy atom. The van der Waals surface area contributed by atoms with Gasteiger partial charge in [-0.2, -0.15) is 0 Å². The van der Waals surface area contributed by atoms with Crippen molar-refractivity contribution in [3.63, 3.8) is 0 Å². The number of aliphatic hydroxyl groups excluding tert-OH is 1. The molecular formula is C23H36O4. The SMILES string of the molecule is CC1CC2(C)C(CC[C@]2(O)C(C)(O)CO)C2CCC3=CC(=O)CC[C@]3(C)C12. The first-order valence-electron chi connectivity index (χ1n) is 10.8. The summed E-state index contributed by atoms with van der Waals surface area (Å²) in [7, 11) is 0. The fourth-order valence-electron chi connectivity index (χ4n) is 8.28. The molecule has 0 aliphatic heterocycles. The van der Waals surface area contributed by atoms with Crippen LogP contribution in [0.25, 0.3) is 0 Å². The molecule has 4 aliphatic rings. The van der Waals surface area contributed by atoms with Gasteiger partial charge in [-0.25, -0.2) is 0 Å². The van der Waals surface area contributed by atoms with Crippen molar-refractivity contribution in [2.45, 2.75) is 83.8 Å². The number of aliphatic hydroxyl groups is 3. The molecule has 152 valence electrons. The standard InChI is InChI=1S/C23H36O4/c1-14-12-21(3)18(8-10-23(21,27)22(4,26)13-24)17-6-5-15-11-16(25)7-9-20(15,2)19(14)17/h11,14,17-19,24,26-27H,5-10,12-13H2,1-4H3/t14?,17?,18?,19?,20-,21?,22?,23+/m0/s1. The largest absolute Gasteiger partial charge is 0.393 e. The summed E-state index contributed by atoms with van der Waals surface area (Å²) in [5.41, 5.74) is -1.67. The lowest BCUT2D eigenvalue weighted by molar-refractivity contribution is -0.234. The summed E-state index contributed by atoms with van der Waals surface area (Å²) < 4.78 is 0. The minimum Gasteiger partial charge on any atom is -0.393 e. The third-order valence-corrected chi connectivity index (χ3v) is 9.56. The molecule has 4 aliphatic carbocycles. The summed E-state index contributed by atoms with van der Waals surface area (Å²) >= 11 is 0. The van der Waals surface area contributed by atoms with Crippen LogP contribution in [0.5, 0.6) is 0 Å². The molecule has 0 saturated heterocycles. The monoisotopic (exact) mass is 376 g/mol. The van der Waals surface area contributed by atoms with Gasteiger partial charge in [-0.15, -0.1) is 0 Å². The first-order valence-corrected chi connectivity index (χ1v) is 10.8. The Morgan fingerprint density at radius 1 is 1.22 bits per heavy atom. The lowest BCUT2D eigenvalue weighted by Crippen LogP contribution is -2.65. The van der Waals surface area contributed by atoms with Crippen molar-refractivity contribution in [1.82, 2.24) is 0 Å². The molecule has 3 fully saturated rings. The molecular weight excluding hydrogens is 340 g/mol. The van der Waals surface area contributed by atoms with Crippen molar-refractivity contribution in [3.05, 3.63) is 11.6 Å². The predicted octanol–water partition coefficient (Wildman–Crippen LogP) is 3.24. The molecule has 0 bridgehead atoms. The van der Waals surface area contributed by atoms with Crippen LogP contribution in [0.1, 0.15) is 72.6 Å². The normalized spacial score (nSPS) is 51.7. The van der Waals surface area contributed by atoms with Gasteiger partial charge in [-0.1, -0.05) is 26.3 Å². The maximum Gasteiger partial charge on any atom is 0.155 e. The maximum atomic E-state index is 12.0. The molecule has 0 heterocycles. The van der Waals surface area contributed by atoms with E-state index in [9.17, 15) is 20.1 Å². The van der Waals surface area contributed by atoms with Crippen LogP contribution in [-0.4, -0.2) is 38.9 Å². The minimum absolute atomic E-state index is 0.0950. The summed E-state index contributed by atoms with van der Waals surface area (Å²) in [6, 6.07) is 0. The molecule has 27 heavy (non-hydrogen) atoms. The van der Waals surface area contributed by atoms with Crippen LogP contribution in [0.2, 0.25) is 0 Å². The van der Waals surface area contributed by atoms with Crippen LogP contribution in [-0.2, 0) is 4.79 Å². The highest BCUT2D eigenvalue weighted by atomic mass is 16.4. The number of ketones is 1. The van der Waals surface area contributed by atoms with Crippen molar-refractivity contribution < 1.29 is 20.1 Å². The van der Waals surface area contributed by atoms with Crippen LogP contribution in [0, 0.1) is 34.5 Å². The van der Waals surface area contributed by atoms with E-state index in [0.717, 1.165) is 32.1 Å². The third-order valence-electron chi connectivity index (χ3n) is 9.56. The van der Waals surface area contributed by atoms with Crippen LogP contribution < -0.4 is 0 Å². The van der Waals surface area contributed by atoms with Crippen LogP contribution in [0.15, 0.2) is 11.6 Å². The molecule has 4 nitrogen and oxygen atoms in total. The second kappa shape index (κ2) is 5.90.